The molecule has 0 saturated carbocycles. The predicted octanol–water partition coefficient (Wildman–Crippen LogP) is 4.96. The van der Waals surface area contributed by atoms with Crippen LogP contribution in [0.2, 0.25) is 5.02 Å². The van der Waals surface area contributed by atoms with Crippen LogP contribution in [0, 0.1) is 0 Å². The van der Waals surface area contributed by atoms with Gasteiger partial charge in [-0.3, -0.25) is 9.59 Å². The molecule has 0 spiro atoms. The highest BCUT2D eigenvalue weighted by molar-refractivity contribution is 6.30. The van der Waals surface area contributed by atoms with Gasteiger partial charge in [0.2, 0.25) is 0 Å². The smallest absolute Gasteiger partial charge is 0.291 e. The predicted molar refractivity (Wildman–Crippen MR) is 135 cm³/mol. The molecule has 174 valence electrons. The van der Waals surface area contributed by atoms with E-state index in [4.69, 9.17) is 16.3 Å². The van der Waals surface area contributed by atoms with Crippen molar-refractivity contribution in [2.75, 3.05) is 25.5 Å². The van der Waals surface area contributed by atoms with Crippen molar-refractivity contribution in [1.82, 2.24) is 10.2 Å². The number of hydrogen-bond donors (Lipinski definition) is 2. The lowest BCUT2D eigenvalue weighted by Gasteiger charge is -2.20. The Morgan fingerprint density at radius 2 is 1.91 bits per heavy atom. The summed E-state index contributed by atoms with van der Waals surface area (Å²) in [6.07, 6.45) is 2.46. The number of hydrogen-bond acceptors (Lipinski definition) is 4. The maximum atomic E-state index is 12.6. The maximum Gasteiger partial charge on any atom is 0.291 e. The lowest BCUT2D eigenvalue weighted by molar-refractivity contribution is -0.115. The van der Waals surface area contributed by atoms with Crippen LogP contribution < -0.4 is 15.4 Å². The molecule has 4 rings (SSSR count). The van der Waals surface area contributed by atoms with Crippen molar-refractivity contribution in [2.24, 2.45) is 0 Å². The zero-order chi connectivity index (χ0) is 23.9. The number of carbonyl (C=O) groups is 2. The van der Waals surface area contributed by atoms with Gasteiger partial charge < -0.3 is 20.3 Å². The van der Waals surface area contributed by atoms with E-state index in [1.807, 2.05) is 24.3 Å². The molecule has 0 radical (unpaired) electrons. The summed E-state index contributed by atoms with van der Waals surface area (Å²) >= 11 is 6.01. The first-order valence-electron chi connectivity index (χ1n) is 11.1. The van der Waals surface area contributed by atoms with Crippen LogP contribution in [0.15, 0.2) is 78.6 Å². The van der Waals surface area contributed by atoms with E-state index in [-0.39, 0.29) is 17.6 Å². The average Bonchev–Trinajstić information content (AvgIpc) is 2.82. The van der Waals surface area contributed by atoms with Gasteiger partial charge in [-0.1, -0.05) is 54.1 Å². The van der Waals surface area contributed by atoms with Crippen molar-refractivity contribution in [2.45, 2.75) is 13.0 Å². The summed E-state index contributed by atoms with van der Waals surface area (Å²) < 4.78 is 5.77. The molecule has 7 heteroatoms. The second-order valence-electron chi connectivity index (χ2n) is 8.16. The molecule has 1 aliphatic rings. The van der Waals surface area contributed by atoms with E-state index in [1.165, 1.54) is 5.56 Å². The SMILES string of the molecule is CN(CCCNC(=O)c1ccc2c(c1)NC(=O)/C(=C\c1cccc(Cl)c1)O2)Cc1ccccc1. The fourth-order valence-corrected chi connectivity index (χ4v) is 3.88. The summed E-state index contributed by atoms with van der Waals surface area (Å²) in [5.74, 6) is 0.0630. The van der Waals surface area contributed by atoms with Crippen molar-refractivity contribution in [1.29, 1.82) is 0 Å². The molecule has 3 aromatic carbocycles. The summed E-state index contributed by atoms with van der Waals surface area (Å²) in [7, 11) is 2.07. The van der Waals surface area contributed by atoms with Crippen LogP contribution in [0.3, 0.4) is 0 Å². The minimum Gasteiger partial charge on any atom is -0.449 e. The number of nitrogens with one attached hydrogen (secondary N) is 2. The van der Waals surface area contributed by atoms with Crippen molar-refractivity contribution >= 4 is 35.2 Å². The monoisotopic (exact) mass is 475 g/mol. The molecule has 0 saturated heterocycles. The third kappa shape index (κ3) is 6.25. The topological polar surface area (TPSA) is 70.7 Å². The number of benzene rings is 3. The van der Waals surface area contributed by atoms with Crippen LogP contribution in [0.4, 0.5) is 5.69 Å². The summed E-state index contributed by atoms with van der Waals surface area (Å²) in [5.41, 5.74) is 2.94. The molecule has 0 aromatic heterocycles. The van der Waals surface area contributed by atoms with E-state index in [0.717, 1.165) is 25.1 Å². The van der Waals surface area contributed by atoms with Gasteiger partial charge in [-0.15, -0.1) is 0 Å². The molecule has 2 amide bonds. The van der Waals surface area contributed by atoms with E-state index in [2.05, 4.69) is 34.7 Å². The second kappa shape index (κ2) is 11.0. The fourth-order valence-electron chi connectivity index (χ4n) is 3.68. The minimum atomic E-state index is -0.383. The Balaban J connectivity index is 1.30. The van der Waals surface area contributed by atoms with Gasteiger partial charge in [0.05, 0.1) is 5.69 Å². The van der Waals surface area contributed by atoms with E-state index < -0.39 is 0 Å². The zero-order valence-corrected chi connectivity index (χ0v) is 19.6. The first-order valence-corrected chi connectivity index (χ1v) is 11.5. The molecule has 0 atom stereocenters. The molecular formula is C27H26ClN3O3. The van der Waals surface area contributed by atoms with Crippen molar-refractivity contribution in [3.8, 4) is 5.75 Å². The number of nitrogens with zero attached hydrogens (tertiary/aromatic N) is 1. The molecule has 0 unspecified atom stereocenters. The van der Waals surface area contributed by atoms with Gasteiger partial charge in [-0.25, -0.2) is 0 Å². The Labute approximate surface area is 204 Å². The van der Waals surface area contributed by atoms with Crippen LogP contribution in [0.25, 0.3) is 6.08 Å². The van der Waals surface area contributed by atoms with Gasteiger partial charge in [0, 0.05) is 23.7 Å². The average molecular weight is 476 g/mol. The van der Waals surface area contributed by atoms with E-state index in [9.17, 15) is 9.59 Å². The van der Waals surface area contributed by atoms with Crippen LogP contribution in [-0.2, 0) is 11.3 Å². The number of amides is 2. The van der Waals surface area contributed by atoms with Crippen LogP contribution in [-0.4, -0.2) is 36.9 Å². The van der Waals surface area contributed by atoms with Gasteiger partial charge in [0.1, 0.15) is 0 Å². The largest absolute Gasteiger partial charge is 0.449 e. The van der Waals surface area contributed by atoms with Crippen molar-refractivity contribution in [3.63, 3.8) is 0 Å². The van der Waals surface area contributed by atoms with Gasteiger partial charge in [-0.2, -0.15) is 0 Å². The molecule has 3 aromatic rings. The third-order valence-corrected chi connectivity index (χ3v) is 5.61. The highest BCUT2D eigenvalue weighted by Crippen LogP contribution is 2.32. The standard InChI is InChI=1S/C27H26ClN3O3/c1-31(18-19-7-3-2-4-8-19)14-6-13-29-26(32)21-11-12-24-23(17-21)30-27(33)25(34-24)16-20-9-5-10-22(28)15-20/h2-5,7-12,15-17H,6,13-14,18H2,1H3,(H,29,32)(H,30,33)/b25-16+. The summed E-state index contributed by atoms with van der Waals surface area (Å²) in [5, 5.41) is 6.31. The minimum absolute atomic E-state index is 0.159. The summed E-state index contributed by atoms with van der Waals surface area (Å²) in [6, 6.07) is 22.4. The number of fused-ring (bicyclic) bond motifs is 1. The Bertz CT molecular complexity index is 1210. The maximum absolute atomic E-state index is 12.6. The third-order valence-electron chi connectivity index (χ3n) is 5.38. The van der Waals surface area contributed by atoms with E-state index in [0.29, 0.717) is 28.6 Å². The second-order valence-corrected chi connectivity index (χ2v) is 8.60. The molecule has 2 N–H and O–H groups in total. The van der Waals surface area contributed by atoms with Crippen molar-refractivity contribution in [3.05, 3.63) is 100 Å². The molecule has 0 aliphatic carbocycles. The molecule has 0 bridgehead atoms. The van der Waals surface area contributed by atoms with Crippen LogP contribution in [0.5, 0.6) is 5.75 Å². The molecule has 34 heavy (non-hydrogen) atoms. The first kappa shape index (κ1) is 23.5. The quantitative estimate of drug-likeness (QED) is 0.356. The molecule has 6 nitrogen and oxygen atoms in total. The summed E-state index contributed by atoms with van der Waals surface area (Å²) in [4.78, 5) is 27.3. The number of rotatable bonds is 8. The van der Waals surface area contributed by atoms with Gasteiger partial charge in [-0.05, 0) is 67.5 Å². The molecule has 0 fully saturated rings. The molecule has 1 aliphatic heterocycles. The highest BCUT2D eigenvalue weighted by Gasteiger charge is 2.23. The normalized spacial score (nSPS) is 13.9. The van der Waals surface area contributed by atoms with Crippen LogP contribution in [0.1, 0.15) is 27.9 Å². The molecular weight excluding hydrogens is 450 g/mol. The van der Waals surface area contributed by atoms with Crippen LogP contribution >= 0.6 is 11.6 Å². The fraction of sp³-hybridized carbons (Fsp3) is 0.185. The Hall–Kier alpha value is -3.61. The Morgan fingerprint density at radius 1 is 1.09 bits per heavy atom. The number of carbonyl (C=O) groups excluding carboxylic acids is 2. The van der Waals surface area contributed by atoms with Crippen molar-refractivity contribution < 1.29 is 14.3 Å². The van der Waals surface area contributed by atoms with E-state index in [1.54, 1.807) is 42.5 Å². The van der Waals surface area contributed by atoms with Gasteiger partial charge >= 0.3 is 0 Å². The number of ether oxygens (including phenoxy) is 1. The molecule has 1 heterocycles. The van der Waals surface area contributed by atoms with Gasteiger partial charge in [0.25, 0.3) is 11.8 Å². The Kier molecular flexibility index (Phi) is 7.62. The first-order chi connectivity index (χ1) is 16.5. The lowest BCUT2D eigenvalue weighted by atomic mass is 10.1. The van der Waals surface area contributed by atoms with E-state index >= 15 is 0 Å². The Morgan fingerprint density at radius 3 is 2.71 bits per heavy atom. The zero-order valence-electron chi connectivity index (χ0n) is 18.9. The number of anilines is 1. The highest BCUT2D eigenvalue weighted by atomic mass is 35.5. The van der Waals surface area contributed by atoms with Gasteiger partial charge in [0.15, 0.2) is 11.5 Å². The number of halogens is 1. The lowest BCUT2D eigenvalue weighted by Crippen LogP contribution is -2.28. The summed E-state index contributed by atoms with van der Waals surface area (Å²) in [6.45, 7) is 2.29.